The lowest BCUT2D eigenvalue weighted by Crippen LogP contribution is -2.54. The molecule has 24 heteroatoms. The Bertz CT molecular complexity index is 2870. The van der Waals surface area contributed by atoms with E-state index >= 15 is 0 Å². The number of ether oxygens (including phenoxy) is 5. The van der Waals surface area contributed by atoms with E-state index in [4.69, 9.17) is 29.4 Å². The largest absolute Gasteiger partial charge is 0.484 e. The maximum Gasteiger partial charge on any atom is 0.417 e. The van der Waals surface area contributed by atoms with Crippen molar-refractivity contribution in [3.63, 3.8) is 0 Å². The van der Waals surface area contributed by atoms with Crippen molar-refractivity contribution in [3.8, 4) is 22.8 Å². The zero-order valence-corrected chi connectivity index (χ0v) is 40.0. The minimum atomic E-state index is -4.83. The Labute approximate surface area is 418 Å². The van der Waals surface area contributed by atoms with Gasteiger partial charge in [-0.1, -0.05) is 6.07 Å². The van der Waals surface area contributed by atoms with E-state index in [2.05, 4.69) is 20.9 Å². The highest BCUT2D eigenvalue weighted by Crippen LogP contribution is 2.44. The molecule has 4 heterocycles. The van der Waals surface area contributed by atoms with Gasteiger partial charge in [-0.3, -0.25) is 43.4 Å². The second-order valence-electron chi connectivity index (χ2n) is 16.4. The number of fused-ring (bicyclic) bond motifs is 2. The topological polar surface area (TPSA) is 247 Å². The van der Waals surface area contributed by atoms with Gasteiger partial charge in [-0.15, -0.1) is 11.3 Å². The number of likely N-dealkylation sites (tertiary alicyclic amines) is 1. The summed E-state index contributed by atoms with van der Waals surface area (Å²) in [5, 5.41) is 7.50. The molecule has 0 spiro atoms. The summed E-state index contributed by atoms with van der Waals surface area (Å²) in [7, 11) is 1.30. The Balaban J connectivity index is 0.711. The average molecular weight is 1040 g/mol. The van der Waals surface area contributed by atoms with Gasteiger partial charge in [0.25, 0.3) is 35.4 Å². The molecule has 2 aliphatic rings. The van der Waals surface area contributed by atoms with Gasteiger partial charge in [0, 0.05) is 56.4 Å². The maximum absolute atomic E-state index is 14.3. The van der Waals surface area contributed by atoms with Crippen molar-refractivity contribution in [1.29, 1.82) is 0 Å². The number of aromatic nitrogens is 1. The van der Waals surface area contributed by atoms with Crippen molar-refractivity contribution < 1.29 is 74.8 Å². The van der Waals surface area contributed by atoms with E-state index in [-0.39, 0.29) is 75.4 Å². The van der Waals surface area contributed by atoms with Crippen LogP contribution in [0.25, 0.3) is 21.5 Å². The molecule has 19 nitrogen and oxygen atoms in total. The molecular weight excluding hydrogens is 987 g/mol. The number of hydrogen-bond donors (Lipinski definition) is 4. The Morgan fingerprint density at radius 2 is 1.42 bits per heavy atom. The molecule has 2 aliphatic heterocycles. The molecule has 7 rings (SSSR count). The maximum atomic E-state index is 14.3. The van der Waals surface area contributed by atoms with Crippen molar-refractivity contribution in [3.05, 3.63) is 100 Å². The van der Waals surface area contributed by atoms with Crippen LogP contribution in [0.1, 0.15) is 61.6 Å². The van der Waals surface area contributed by atoms with Gasteiger partial charge in [-0.25, -0.2) is 9.37 Å². The molecule has 7 amide bonds. The third-order valence-corrected chi connectivity index (χ3v) is 12.5. The quantitative estimate of drug-likeness (QED) is 0.0352. The van der Waals surface area contributed by atoms with Crippen LogP contribution in [-0.2, 0) is 39.6 Å². The summed E-state index contributed by atoms with van der Waals surface area (Å²) in [4.78, 5) is 94.6. The molecule has 5 aromatic rings. The Kier molecular flexibility index (Phi) is 17.7. The molecule has 5 N–H and O–H groups in total. The van der Waals surface area contributed by atoms with Gasteiger partial charge >= 0.3 is 6.18 Å². The van der Waals surface area contributed by atoms with Gasteiger partial charge in [0.15, 0.2) is 13.2 Å². The number of pyridine rings is 1. The summed E-state index contributed by atoms with van der Waals surface area (Å²) in [5.41, 5.74) is 5.12. The van der Waals surface area contributed by atoms with Gasteiger partial charge in [-0.05, 0) is 86.0 Å². The minimum absolute atomic E-state index is 0.0115. The van der Waals surface area contributed by atoms with Crippen LogP contribution in [0.4, 0.5) is 28.9 Å². The molecule has 0 radical (unpaired) electrons. The first-order chi connectivity index (χ1) is 35.0. The zero-order chi connectivity index (χ0) is 52.2. The van der Waals surface area contributed by atoms with Crippen LogP contribution in [0.3, 0.4) is 0 Å². The van der Waals surface area contributed by atoms with E-state index in [1.807, 2.05) is 0 Å². The van der Waals surface area contributed by atoms with Gasteiger partial charge in [-0.2, -0.15) is 13.2 Å². The fraction of sp³-hybridized carbons (Fsp3) is 0.347. The summed E-state index contributed by atoms with van der Waals surface area (Å²) >= 11 is 0.692. The highest BCUT2D eigenvalue weighted by Gasteiger charge is 2.47. The summed E-state index contributed by atoms with van der Waals surface area (Å²) in [5.74, 6) is -4.30. The van der Waals surface area contributed by atoms with E-state index in [1.165, 1.54) is 61.6 Å². The molecular formula is C49H49F4N7O12S. The average Bonchev–Trinajstić information content (AvgIpc) is 3.84. The number of nitrogens with one attached hydrogen (secondary N) is 3. The summed E-state index contributed by atoms with van der Waals surface area (Å²) in [6.45, 7) is 1.80. The number of carbonyl (C=O) groups is 7. The van der Waals surface area contributed by atoms with Crippen LogP contribution in [0.2, 0.25) is 0 Å². The lowest BCUT2D eigenvalue weighted by molar-refractivity contribution is -0.149. The first-order valence-corrected chi connectivity index (χ1v) is 23.6. The van der Waals surface area contributed by atoms with Gasteiger partial charge in [0.1, 0.15) is 33.1 Å². The standard InChI is InChI=1S/C49H49F4N7O12S/c1-59-39(63)16-15-35(47(59)66)60-46(65)32-5-2-6-36(40(32)48(60)67)72-27-38(62)56-18-4-20-69-22-24-70-23-21-68-19-3-17-55-37(61)26-71-31-13-7-28(8-14-31)34-25-33(49(51,52)53)41-42(54)43(73-45(41)58-34)44(64)57-30-11-9-29(50)10-12-30/h2,5-14,25,35H,3-4,15-24,26-27,54H2,1H3,(H,55,61)(H,56,62)(H,57,64). The predicted molar refractivity (Wildman–Crippen MR) is 255 cm³/mol. The number of piperidine rings is 1. The van der Waals surface area contributed by atoms with Crippen LogP contribution in [0.5, 0.6) is 11.5 Å². The lowest BCUT2D eigenvalue weighted by atomic mass is 10.0. The Hall–Kier alpha value is -7.54. The number of hydrogen-bond acceptors (Lipinski definition) is 15. The van der Waals surface area contributed by atoms with Crippen LogP contribution in [0.15, 0.2) is 72.8 Å². The van der Waals surface area contributed by atoms with Crippen LogP contribution < -0.4 is 31.2 Å². The van der Waals surface area contributed by atoms with Gasteiger partial charge in [0.05, 0.1) is 54.5 Å². The normalized spacial score (nSPS) is 14.7. The lowest BCUT2D eigenvalue weighted by Gasteiger charge is -2.32. The first kappa shape index (κ1) is 53.3. The molecule has 1 unspecified atom stereocenters. The first-order valence-electron chi connectivity index (χ1n) is 22.8. The molecule has 0 aliphatic carbocycles. The number of halogens is 4. The predicted octanol–water partition coefficient (Wildman–Crippen LogP) is 5.22. The molecule has 1 fully saturated rings. The summed E-state index contributed by atoms with van der Waals surface area (Å²) in [6, 6.07) is 14.9. The van der Waals surface area contributed by atoms with Gasteiger partial charge in [0.2, 0.25) is 5.91 Å². The van der Waals surface area contributed by atoms with Crippen LogP contribution >= 0.6 is 11.3 Å². The monoisotopic (exact) mass is 1040 g/mol. The number of nitrogen functional groups attached to an aromatic ring is 1. The number of alkyl halides is 3. The molecule has 0 saturated carbocycles. The van der Waals surface area contributed by atoms with Crippen molar-refractivity contribution in [2.45, 2.75) is 37.9 Å². The van der Waals surface area contributed by atoms with Crippen LogP contribution in [0, 0.1) is 5.82 Å². The molecule has 2 aromatic heterocycles. The number of imide groups is 2. The summed E-state index contributed by atoms with van der Waals surface area (Å²) < 4.78 is 83.9. The van der Waals surface area contributed by atoms with E-state index in [1.54, 1.807) is 0 Å². The number of anilines is 2. The second kappa shape index (κ2) is 24.3. The number of thiophene rings is 1. The number of nitrogens with zero attached hydrogens (tertiary/aromatic N) is 3. The fourth-order valence-electron chi connectivity index (χ4n) is 7.66. The minimum Gasteiger partial charge on any atom is -0.484 e. The van der Waals surface area contributed by atoms with Crippen molar-refractivity contribution >= 4 is 74.3 Å². The number of rotatable bonds is 24. The van der Waals surface area contributed by atoms with E-state index in [0.29, 0.717) is 75.9 Å². The third-order valence-electron chi connectivity index (χ3n) is 11.4. The summed E-state index contributed by atoms with van der Waals surface area (Å²) in [6.07, 6.45) is -3.79. The van der Waals surface area contributed by atoms with Crippen LogP contribution in [-0.4, -0.2) is 135 Å². The molecule has 386 valence electrons. The smallest absolute Gasteiger partial charge is 0.417 e. The van der Waals surface area contributed by atoms with E-state index in [9.17, 15) is 51.1 Å². The highest BCUT2D eigenvalue weighted by atomic mass is 32.1. The van der Waals surface area contributed by atoms with Crippen molar-refractivity contribution in [1.82, 2.24) is 25.4 Å². The zero-order valence-electron chi connectivity index (χ0n) is 39.1. The van der Waals surface area contributed by atoms with E-state index in [0.717, 1.165) is 28.0 Å². The van der Waals surface area contributed by atoms with E-state index < -0.39 is 76.9 Å². The fourth-order valence-corrected chi connectivity index (χ4v) is 8.67. The Morgan fingerprint density at radius 1 is 0.808 bits per heavy atom. The molecule has 1 atom stereocenters. The number of benzene rings is 3. The number of likely N-dealkylation sites (N-methyl/N-ethyl adjacent to an activating group) is 1. The number of nitrogens with two attached hydrogens (primary N) is 1. The third kappa shape index (κ3) is 13.3. The molecule has 1 saturated heterocycles. The number of carbonyl (C=O) groups excluding carboxylic acids is 7. The molecule has 0 bridgehead atoms. The second-order valence-corrected chi connectivity index (χ2v) is 17.4. The number of amides is 7. The van der Waals surface area contributed by atoms with Crippen molar-refractivity contribution in [2.75, 3.05) is 84.0 Å². The van der Waals surface area contributed by atoms with Crippen molar-refractivity contribution in [2.24, 2.45) is 0 Å². The highest BCUT2D eigenvalue weighted by molar-refractivity contribution is 7.21. The molecule has 73 heavy (non-hydrogen) atoms. The SMILES string of the molecule is CN1C(=O)CCC(N2C(=O)c3cccc(OCC(=O)NCCCOCCOCCOCCCNC(=O)COc4ccc(-c5cc(C(F)(F)F)c6c(N)c(C(=O)Nc7ccc(F)cc7)sc6n5)cc4)c3C2=O)C1=O. The Morgan fingerprint density at radius 3 is 2.05 bits per heavy atom. The van der Waals surface area contributed by atoms with Gasteiger partial charge < -0.3 is 45.4 Å². The molecule has 3 aromatic carbocycles.